The van der Waals surface area contributed by atoms with Gasteiger partial charge in [-0.25, -0.2) is 0 Å². The van der Waals surface area contributed by atoms with Gasteiger partial charge >= 0.3 is 0 Å². The van der Waals surface area contributed by atoms with Crippen molar-refractivity contribution in [2.45, 2.75) is 78.2 Å². The van der Waals surface area contributed by atoms with Crippen LogP contribution in [0.4, 0.5) is 0 Å². The zero-order valence-electron chi connectivity index (χ0n) is 55.7. The zero-order chi connectivity index (χ0) is 67.9. The first-order chi connectivity index (χ1) is 48.6. The van der Waals surface area contributed by atoms with E-state index in [9.17, 15) is 15.3 Å². The molecule has 0 aliphatic heterocycles. The number of phenols is 3. The highest BCUT2D eigenvalue weighted by molar-refractivity contribution is 5.62. The smallest absolute Gasteiger partial charge is 0.126 e. The lowest BCUT2D eigenvalue weighted by molar-refractivity contribution is 0.303. The third kappa shape index (κ3) is 16.6. The van der Waals surface area contributed by atoms with Crippen LogP contribution in [-0.4, -0.2) is 36.6 Å². The third-order valence-electron chi connectivity index (χ3n) is 17.8. The second-order valence-electron chi connectivity index (χ2n) is 24.8. The molecule has 0 heterocycles. The second-order valence-corrected chi connectivity index (χ2v) is 24.8. The average molecular weight is 1320 g/mol. The fraction of sp³-hybridized carbons (Fsp3) is 0.172. The Balaban J connectivity index is 1.03. The number of phenolic OH excluding ortho intramolecular Hbond substituents is 3. The molecule has 0 fully saturated rings. The van der Waals surface area contributed by atoms with E-state index in [1.54, 1.807) is 21.3 Å². The van der Waals surface area contributed by atoms with Crippen LogP contribution in [0.25, 0.3) is 0 Å². The zero-order valence-corrected chi connectivity index (χ0v) is 55.7. The maximum absolute atomic E-state index is 13.0. The summed E-state index contributed by atoms with van der Waals surface area (Å²) in [4.78, 5) is 0. The van der Waals surface area contributed by atoms with E-state index < -0.39 is 0 Å². The molecule has 12 bridgehead atoms. The van der Waals surface area contributed by atoms with Crippen molar-refractivity contribution in [1.29, 1.82) is 0 Å². The van der Waals surface area contributed by atoms with Gasteiger partial charge in [0, 0.05) is 105 Å². The number of rotatable bonds is 21. The molecule has 0 spiro atoms. The fourth-order valence-corrected chi connectivity index (χ4v) is 12.9. The number of methoxy groups -OCH3 is 3. The highest BCUT2D eigenvalue weighted by Crippen LogP contribution is 2.45. The van der Waals surface area contributed by atoms with Crippen LogP contribution in [0.1, 0.15) is 100 Å². The predicted octanol–water partition coefficient (Wildman–Crippen LogP) is 18.2. The SMILES string of the molecule is COc1c2cc(OCc3ccccc3)cc1Cc1cc(OCc3ccccc3)cc(c1O)Cc1cc(OCc3ccccc3)cc(c1OC)Cc1cc(OCc3ccccc3)cc(c1O)Cc1cc(OCc3ccccc3)cc(c1OC)Cc1cc(OCc3ccccc3)cc(c1O)C2. The van der Waals surface area contributed by atoms with E-state index in [0.29, 0.717) is 119 Å². The van der Waals surface area contributed by atoms with Crippen molar-refractivity contribution >= 4 is 0 Å². The van der Waals surface area contributed by atoms with Crippen molar-refractivity contribution < 1.29 is 58.0 Å². The van der Waals surface area contributed by atoms with Crippen LogP contribution in [0.15, 0.2) is 255 Å². The van der Waals surface area contributed by atoms with E-state index in [1.807, 2.05) is 255 Å². The highest BCUT2D eigenvalue weighted by atomic mass is 16.5. The van der Waals surface area contributed by atoms with Gasteiger partial charge in [-0.2, -0.15) is 0 Å². The topological polar surface area (TPSA) is 144 Å². The molecule has 12 aromatic carbocycles. The number of fused-ring (bicyclic) bond motifs is 12. The molecule has 12 heteroatoms. The van der Waals surface area contributed by atoms with Gasteiger partial charge in [-0.1, -0.05) is 182 Å². The number of ether oxygens (including phenoxy) is 9. The molecule has 0 unspecified atom stereocenters. The summed E-state index contributed by atoms with van der Waals surface area (Å²) in [5.74, 6) is 4.97. The molecule has 13 rings (SSSR count). The van der Waals surface area contributed by atoms with Crippen LogP contribution >= 0.6 is 0 Å². The number of aromatic hydroxyl groups is 3. The van der Waals surface area contributed by atoms with E-state index >= 15 is 0 Å². The minimum atomic E-state index is 0.0401. The molecule has 0 aromatic heterocycles. The second kappa shape index (κ2) is 31.4. The Morgan fingerprint density at radius 2 is 0.354 bits per heavy atom. The molecule has 0 saturated carbocycles. The fourth-order valence-electron chi connectivity index (χ4n) is 12.9. The lowest BCUT2D eigenvalue weighted by atomic mass is 9.90. The number of hydrogen-bond donors (Lipinski definition) is 3. The predicted molar refractivity (Wildman–Crippen MR) is 385 cm³/mol. The van der Waals surface area contributed by atoms with Crippen LogP contribution in [0.2, 0.25) is 0 Å². The summed E-state index contributed by atoms with van der Waals surface area (Å²) in [6, 6.07) is 82.8. The molecular weight excluding hydrogens is 1240 g/mol. The van der Waals surface area contributed by atoms with E-state index in [2.05, 4.69) is 0 Å². The van der Waals surface area contributed by atoms with Gasteiger partial charge in [0.05, 0.1) is 21.3 Å². The molecule has 0 atom stereocenters. The van der Waals surface area contributed by atoms with Crippen LogP contribution in [0.5, 0.6) is 69.0 Å². The van der Waals surface area contributed by atoms with E-state index in [-0.39, 0.29) is 95.4 Å². The van der Waals surface area contributed by atoms with Crippen LogP contribution in [0.3, 0.4) is 0 Å². The Kier molecular flexibility index (Phi) is 20.9. The van der Waals surface area contributed by atoms with Crippen molar-refractivity contribution in [3.05, 3.63) is 355 Å². The van der Waals surface area contributed by atoms with E-state index in [1.165, 1.54) is 0 Å². The molecule has 99 heavy (non-hydrogen) atoms. The van der Waals surface area contributed by atoms with Crippen LogP contribution < -0.4 is 42.6 Å². The summed E-state index contributed by atoms with van der Waals surface area (Å²) >= 11 is 0. The van der Waals surface area contributed by atoms with Crippen LogP contribution in [-0.2, 0) is 78.2 Å². The van der Waals surface area contributed by atoms with E-state index in [0.717, 1.165) is 33.4 Å². The molecule has 498 valence electrons. The van der Waals surface area contributed by atoms with Gasteiger partial charge in [-0.05, 0) is 106 Å². The van der Waals surface area contributed by atoms with Gasteiger partial charge < -0.3 is 58.0 Å². The van der Waals surface area contributed by atoms with Gasteiger partial charge in [0.1, 0.15) is 109 Å². The Morgan fingerprint density at radius 1 is 0.212 bits per heavy atom. The van der Waals surface area contributed by atoms with Gasteiger partial charge in [0.2, 0.25) is 0 Å². The minimum absolute atomic E-state index is 0.0401. The van der Waals surface area contributed by atoms with Crippen molar-refractivity contribution in [3.63, 3.8) is 0 Å². The standard InChI is InChI=1S/C87H78O12/c1-91-85-70-34-64-40-76(94-52-58-22-10-4-11-23-58)42-66(82(64)88)36-72-48-80(98-56-62-30-18-8-19-31-62)50-74(86(72)92-2)38-68-44-78(96-54-60-26-14-6-15-27-60)45-69(84(68)90)39-75-51-81(99-57-63-32-20-9-21-33-63)49-73(87(75)93-3)37-67-43-77(95-53-59-24-12-5-13-25-59)41-65(83(67)89)35-71(85)47-79(46-70)97-55-61-28-16-7-17-29-61/h4-33,40-51,88-90H,34-39,52-57H2,1-3H3. The Morgan fingerprint density at radius 3 is 0.495 bits per heavy atom. The maximum atomic E-state index is 13.0. The Hall–Kier alpha value is -11.8. The van der Waals surface area contributed by atoms with Crippen LogP contribution in [0, 0.1) is 0 Å². The third-order valence-corrected chi connectivity index (χ3v) is 17.8. The van der Waals surface area contributed by atoms with Crippen molar-refractivity contribution in [2.24, 2.45) is 0 Å². The van der Waals surface area contributed by atoms with Gasteiger partial charge in [-0.15, -0.1) is 0 Å². The highest BCUT2D eigenvalue weighted by Gasteiger charge is 2.26. The normalized spacial score (nSPS) is 11.9. The number of benzene rings is 12. The molecular formula is C87H78O12. The largest absolute Gasteiger partial charge is 0.507 e. The lowest BCUT2D eigenvalue weighted by Gasteiger charge is -2.22. The Bertz CT molecular complexity index is 4080. The minimum Gasteiger partial charge on any atom is -0.507 e. The van der Waals surface area contributed by atoms with Crippen molar-refractivity contribution in [3.8, 4) is 69.0 Å². The quantitative estimate of drug-likeness (QED) is 0.0630. The summed E-state index contributed by atoms with van der Waals surface area (Å²) in [7, 11) is 4.91. The molecule has 1 aliphatic carbocycles. The molecule has 0 amide bonds. The molecule has 1 aliphatic rings. The van der Waals surface area contributed by atoms with Crippen molar-refractivity contribution in [2.75, 3.05) is 21.3 Å². The maximum Gasteiger partial charge on any atom is 0.126 e. The number of hydrogen-bond acceptors (Lipinski definition) is 12. The van der Waals surface area contributed by atoms with Gasteiger partial charge in [0.25, 0.3) is 0 Å². The van der Waals surface area contributed by atoms with Gasteiger partial charge in [0.15, 0.2) is 0 Å². The lowest BCUT2D eigenvalue weighted by Crippen LogP contribution is -2.07. The Labute approximate surface area is 578 Å². The average Bonchev–Trinajstić information content (AvgIpc) is 0.795. The molecule has 0 radical (unpaired) electrons. The first kappa shape index (κ1) is 65.9. The first-order valence-corrected chi connectivity index (χ1v) is 33.2. The summed E-state index contributed by atoms with van der Waals surface area (Å²) in [5, 5.41) is 39.1. The molecule has 12 nitrogen and oxygen atoms in total. The van der Waals surface area contributed by atoms with Crippen molar-refractivity contribution in [1.82, 2.24) is 0 Å². The summed E-state index contributed by atoms with van der Waals surface area (Å²) in [6.45, 7) is 1.59. The van der Waals surface area contributed by atoms with E-state index in [4.69, 9.17) is 42.6 Å². The molecule has 3 N–H and O–H groups in total. The summed E-state index contributed by atoms with van der Waals surface area (Å²) in [6.07, 6.45) is 0.972. The summed E-state index contributed by atoms with van der Waals surface area (Å²) in [5.41, 5.74) is 13.4. The van der Waals surface area contributed by atoms with Gasteiger partial charge in [-0.3, -0.25) is 0 Å². The summed E-state index contributed by atoms with van der Waals surface area (Å²) < 4.78 is 59.8. The monoisotopic (exact) mass is 1310 g/mol. The molecule has 12 aromatic rings. The molecule has 0 saturated heterocycles. The first-order valence-electron chi connectivity index (χ1n) is 33.2.